The maximum absolute atomic E-state index is 14.3. The highest BCUT2D eigenvalue weighted by Gasteiger charge is 2.53. The van der Waals surface area contributed by atoms with E-state index < -0.39 is 68.6 Å². The van der Waals surface area contributed by atoms with Gasteiger partial charge in [0.15, 0.2) is 0 Å². The van der Waals surface area contributed by atoms with E-state index in [1.807, 2.05) is 90.1 Å². The molecule has 0 heterocycles. The number of hydrogen-bond donors (Lipinski definition) is 0. The summed E-state index contributed by atoms with van der Waals surface area (Å²) < 4.78 is 171. The Morgan fingerprint density at radius 2 is 0.500 bits per heavy atom. The van der Waals surface area contributed by atoms with Crippen molar-refractivity contribution in [2.24, 2.45) is 0 Å². The lowest BCUT2D eigenvalue weighted by Crippen LogP contribution is -2.31. The van der Waals surface area contributed by atoms with Gasteiger partial charge in [0.1, 0.15) is 0 Å². The van der Waals surface area contributed by atoms with Crippen molar-refractivity contribution in [3.05, 3.63) is 223 Å². The SMILES string of the molecule is CCC(C)(C)c1ccc2c(c1)C(c1ccc(C(F)(F)F)cc1)(c1ccc(C(F)(F)F)cc1)c1cc3c(cc1-2)C(c1ccc(C(F)(F)F)cc1)(c1ccc(C(F)(F)F)cc1)c1cc(C(C)(C)CC)ccc1-3. The quantitative estimate of drug-likeness (QED) is 0.133. The summed E-state index contributed by atoms with van der Waals surface area (Å²) in [7, 11) is 0. The van der Waals surface area contributed by atoms with E-state index >= 15 is 0 Å². The normalized spacial score (nSPS) is 15.3. The summed E-state index contributed by atoms with van der Waals surface area (Å²) in [5.41, 5.74) is -0.446. The molecule has 0 aliphatic heterocycles. The molecular weight excluding hydrogens is 925 g/mol. The van der Waals surface area contributed by atoms with Gasteiger partial charge in [-0.2, -0.15) is 52.7 Å². The molecule has 0 saturated carbocycles. The van der Waals surface area contributed by atoms with Gasteiger partial charge in [0.25, 0.3) is 0 Å². The molecule has 7 aromatic rings. The Morgan fingerprint density at radius 3 is 0.714 bits per heavy atom. The predicted molar refractivity (Wildman–Crippen MR) is 248 cm³/mol. The Balaban J connectivity index is 1.47. The first-order valence-electron chi connectivity index (χ1n) is 22.8. The Morgan fingerprint density at radius 1 is 0.286 bits per heavy atom. The maximum atomic E-state index is 14.3. The fraction of sp³-hybridized carbons (Fsp3) is 0.276. The van der Waals surface area contributed by atoms with Crippen LogP contribution in [0.2, 0.25) is 0 Å². The van der Waals surface area contributed by atoms with E-state index in [1.165, 1.54) is 48.5 Å². The van der Waals surface area contributed by atoms with E-state index in [2.05, 4.69) is 0 Å². The number of hydrogen-bond acceptors (Lipinski definition) is 0. The molecule has 0 bridgehead atoms. The van der Waals surface area contributed by atoms with E-state index in [1.54, 1.807) is 0 Å². The number of halogens is 12. The van der Waals surface area contributed by atoms with Crippen LogP contribution in [0.25, 0.3) is 22.3 Å². The molecule has 0 nitrogen and oxygen atoms in total. The Bertz CT molecular complexity index is 2800. The summed E-state index contributed by atoms with van der Waals surface area (Å²) in [5, 5.41) is 0. The van der Waals surface area contributed by atoms with Crippen molar-refractivity contribution in [3.8, 4) is 22.3 Å². The molecule has 2 aliphatic carbocycles. The van der Waals surface area contributed by atoms with Gasteiger partial charge in [-0.3, -0.25) is 0 Å². The average Bonchev–Trinajstić information content (AvgIpc) is 3.76. The molecule has 2 aliphatic rings. The molecule has 0 saturated heterocycles. The van der Waals surface area contributed by atoms with Crippen molar-refractivity contribution >= 4 is 0 Å². The second-order valence-corrected chi connectivity index (χ2v) is 19.7. The van der Waals surface area contributed by atoms with Crippen LogP contribution in [0.5, 0.6) is 0 Å². The number of alkyl halides is 12. The Kier molecular flexibility index (Phi) is 11.2. The zero-order chi connectivity index (χ0) is 50.8. The first-order chi connectivity index (χ1) is 32.6. The van der Waals surface area contributed by atoms with Crippen molar-refractivity contribution < 1.29 is 52.7 Å². The van der Waals surface area contributed by atoms with Crippen molar-refractivity contribution in [2.45, 2.75) is 101 Å². The minimum atomic E-state index is -4.72. The molecule has 0 aromatic heterocycles. The molecule has 0 spiro atoms. The van der Waals surface area contributed by atoms with E-state index in [9.17, 15) is 52.7 Å². The third-order valence-electron chi connectivity index (χ3n) is 15.3. The largest absolute Gasteiger partial charge is 0.416 e. The van der Waals surface area contributed by atoms with Gasteiger partial charge in [0, 0.05) is 0 Å². The van der Waals surface area contributed by atoms with Crippen molar-refractivity contribution in [2.75, 3.05) is 0 Å². The third-order valence-corrected chi connectivity index (χ3v) is 15.3. The lowest BCUT2D eigenvalue weighted by Gasteiger charge is -2.36. The van der Waals surface area contributed by atoms with Gasteiger partial charge in [-0.15, -0.1) is 0 Å². The standard InChI is InChI=1S/C58H46F12/c1-7-51(3,4)41-25-27-43-45-31-50-46(32-49(45)53(47(43)29-41,33-9-17-37(18-10-33)55(59,60)61)34-11-19-38(20-12-34)56(62,63)64)44-28-26-42(52(5,6)8-2)30-48(44)54(50,35-13-21-39(22-14-35)57(65,66)67)36-15-23-40(24-16-36)58(68,69)70/h9-32H,7-8H2,1-6H3. The van der Waals surface area contributed by atoms with Gasteiger partial charge < -0.3 is 0 Å². The minimum absolute atomic E-state index is 0.321. The molecule has 0 fully saturated rings. The summed E-state index contributed by atoms with van der Waals surface area (Å²) in [5.74, 6) is 0. The molecule has 362 valence electrons. The van der Waals surface area contributed by atoms with Crippen molar-refractivity contribution in [3.63, 3.8) is 0 Å². The summed E-state index contributed by atoms with van der Waals surface area (Å²) in [4.78, 5) is 0. The van der Waals surface area contributed by atoms with E-state index in [0.29, 0.717) is 79.6 Å². The van der Waals surface area contributed by atoms with Gasteiger partial charge in [-0.25, -0.2) is 0 Å². The first-order valence-corrected chi connectivity index (χ1v) is 22.8. The molecule has 7 aromatic carbocycles. The smallest absolute Gasteiger partial charge is 0.166 e. The van der Waals surface area contributed by atoms with Crippen LogP contribution in [0.3, 0.4) is 0 Å². The summed E-state index contributed by atoms with van der Waals surface area (Å²) in [6.07, 6.45) is -17.6. The van der Waals surface area contributed by atoms with E-state index in [0.717, 1.165) is 59.7 Å². The van der Waals surface area contributed by atoms with Crippen LogP contribution in [-0.2, 0) is 46.4 Å². The number of rotatable bonds is 8. The van der Waals surface area contributed by atoms with Crippen molar-refractivity contribution in [1.29, 1.82) is 0 Å². The molecule has 0 radical (unpaired) electrons. The predicted octanol–water partition coefficient (Wildman–Crippen LogP) is 17.9. The van der Waals surface area contributed by atoms with Crippen LogP contribution in [0.1, 0.15) is 132 Å². The van der Waals surface area contributed by atoms with Gasteiger partial charge in [0.2, 0.25) is 0 Å². The number of benzene rings is 7. The molecule has 0 N–H and O–H groups in total. The maximum Gasteiger partial charge on any atom is 0.416 e. The molecule has 0 unspecified atom stereocenters. The lowest BCUT2D eigenvalue weighted by atomic mass is 9.65. The second-order valence-electron chi connectivity index (χ2n) is 19.7. The third kappa shape index (κ3) is 7.53. The van der Waals surface area contributed by atoms with Gasteiger partial charge >= 0.3 is 24.7 Å². The van der Waals surface area contributed by atoms with Crippen LogP contribution in [0.15, 0.2) is 146 Å². The molecule has 12 heteroatoms. The first kappa shape index (κ1) is 48.7. The second kappa shape index (κ2) is 16.1. The Labute approximate surface area is 398 Å². The highest BCUT2D eigenvalue weighted by atomic mass is 19.4. The zero-order valence-corrected chi connectivity index (χ0v) is 38.8. The van der Waals surface area contributed by atoms with Crippen LogP contribution >= 0.6 is 0 Å². The van der Waals surface area contributed by atoms with Crippen LogP contribution in [0, 0.1) is 0 Å². The monoisotopic (exact) mass is 970 g/mol. The van der Waals surface area contributed by atoms with Crippen LogP contribution in [0.4, 0.5) is 52.7 Å². The summed E-state index contributed by atoms with van der Waals surface area (Å²) in [6, 6.07) is 33.5. The highest BCUT2D eigenvalue weighted by Crippen LogP contribution is 2.63. The lowest BCUT2D eigenvalue weighted by molar-refractivity contribution is -0.138. The fourth-order valence-electron chi connectivity index (χ4n) is 10.6. The Hall–Kier alpha value is -6.30. The molecular formula is C58H46F12. The zero-order valence-electron chi connectivity index (χ0n) is 38.8. The van der Waals surface area contributed by atoms with Crippen LogP contribution in [-0.4, -0.2) is 0 Å². The van der Waals surface area contributed by atoms with Gasteiger partial charge in [-0.1, -0.05) is 126 Å². The molecule has 0 atom stereocenters. The van der Waals surface area contributed by atoms with Crippen molar-refractivity contribution in [1.82, 2.24) is 0 Å². The van der Waals surface area contributed by atoms with Crippen LogP contribution < -0.4 is 0 Å². The molecule has 70 heavy (non-hydrogen) atoms. The molecule has 0 amide bonds. The molecule has 9 rings (SSSR count). The van der Waals surface area contributed by atoms with E-state index in [-0.39, 0.29) is 0 Å². The highest BCUT2D eigenvalue weighted by molar-refractivity contribution is 5.95. The van der Waals surface area contributed by atoms with E-state index in [4.69, 9.17) is 0 Å². The minimum Gasteiger partial charge on any atom is -0.166 e. The summed E-state index contributed by atoms with van der Waals surface area (Å²) in [6.45, 7) is 12.1. The van der Waals surface area contributed by atoms with Gasteiger partial charge in [-0.05, 0) is 162 Å². The fourth-order valence-corrected chi connectivity index (χ4v) is 10.6. The topological polar surface area (TPSA) is 0 Å². The number of fused-ring (bicyclic) bond motifs is 6. The average molecular weight is 971 g/mol. The summed E-state index contributed by atoms with van der Waals surface area (Å²) >= 11 is 0. The van der Waals surface area contributed by atoms with Gasteiger partial charge in [0.05, 0.1) is 33.1 Å².